The van der Waals surface area contributed by atoms with Crippen LogP contribution in [0.2, 0.25) is 0 Å². The van der Waals surface area contributed by atoms with Crippen molar-refractivity contribution in [2.45, 2.75) is 71.3 Å². The third-order valence-electron chi connectivity index (χ3n) is 3.36. The molecule has 0 atom stereocenters. The average molecular weight is 330 g/mol. The Balaban J connectivity index is 0.00000324. The third-order valence-corrected chi connectivity index (χ3v) is 3.36. The first-order chi connectivity index (χ1) is 8.83. The van der Waals surface area contributed by atoms with Gasteiger partial charge in [-0.1, -0.05) is 51.9 Å². The topological polar surface area (TPSA) is 24.1 Å². The van der Waals surface area contributed by atoms with E-state index in [0.29, 0.717) is 5.75 Å². The number of nitrogens with zero attached hydrogens (tertiary/aromatic N) is 1. The van der Waals surface area contributed by atoms with E-state index >= 15 is 0 Å². The molecule has 0 spiro atoms. The van der Waals surface area contributed by atoms with E-state index in [2.05, 4.69) is 11.5 Å². The van der Waals surface area contributed by atoms with E-state index in [1.54, 1.807) is 12.3 Å². The van der Waals surface area contributed by atoms with Crippen LogP contribution in [0.4, 0.5) is 0 Å². The Labute approximate surface area is 128 Å². The minimum Gasteiger partial charge on any atom is -1.00 e. The monoisotopic (exact) mass is 329 g/mol. The molecule has 19 heavy (non-hydrogen) atoms. The molecule has 0 aliphatic heterocycles. The summed E-state index contributed by atoms with van der Waals surface area (Å²) in [5.41, 5.74) is 0. The van der Waals surface area contributed by atoms with Gasteiger partial charge >= 0.3 is 0 Å². The first kappa shape index (κ1) is 18.4. The number of pyridine rings is 1. The van der Waals surface area contributed by atoms with Crippen molar-refractivity contribution in [1.82, 2.24) is 0 Å². The van der Waals surface area contributed by atoms with Crippen molar-refractivity contribution >= 4 is 0 Å². The van der Waals surface area contributed by atoms with Gasteiger partial charge in [0.1, 0.15) is 6.54 Å². The van der Waals surface area contributed by atoms with Crippen LogP contribution in [0, 0.1) is 0 Å². The van der Waals surface area contributed by atoms with E-state index in [0.717, 1.165) is 6.54 Å². The fraction of sp³-hybridized carbons (Fsp3) is 0.688. The molecular weight excluding hydrogens is 302 g/mol. The van der Waals surface area contributed by atoms with Crippen LogP contribution in [-0.2, 0) is 6.54 Å². The zero-order valence-electron chi connectivity index (χ0n) is 12.2. The molecule has 0 bridgehead atoms. The van der Waals surface area contributed by atoms with Crippen LogP contribution in [0.25, 0.3) is 0 Å². The van der Waals surface area contributed by atoms with Gasteiger partial charge < -0.3 is 22.1 Å². The second-order valence-electron chi connectivity index (χ2n) is 5.13. The van der Waals surface area contributed by atoms with Crippen molar-refractivity contribution in [3.8, 4) is 5.75 Å². The molecule has 1 aromatic rings. The Bertz CT molecular complexity index is 317. The van der Waals surface area contributed by atoms with Crippen LogP contribution in [0.1, 0.15) is 64.7 Å². The second-order valence-corrected chi connectivity index (χ2v) is 5.13. The molecule has 0 aliphatic carbocycles. The quantitative estimate of drug-likeness (QED) is 0.506. The summed E-state index contributed by atoms with van der Waals surface area (Å²) in [6.07, 6.45) is 16.0. The fourth-order valence-corrected chi connectivity index (χ4v) is 2.25. The van der Waals surface area contributed by atoms with Gasteiger partial charge in [-0.05, 0) is 12.5 Å². The van der Waals surface area contributed by atoms with Crippen molar-refractivity contribution in [3.63, 3.8) is 0 Å². The van der Waals surface area contributed by atoms with E-state index in [1.165, 1.54) is 57.8 Å². The molecule has 0 saturated carbocycles. The summed E-state index contributed by atoms with van der Waals surface area (Å²) < 4.78 is 2.07. The number of aromatic hydroxyl groups is 1. The van der Waals surface area contributed by atoms with E-state index in [-0.39, 0.29) is 17.0 Å². The molecule has 0 radical (unpaired) electrons. The number of rotatable bonds is 10. The summed E-state index contributed by atoms with van der Waals surface area (Å²) in [7, 11) is 0. The zero-order valence-corrected chi connectivity index (χ0v) is 13.7. The van der Waals surface area contributed by atoms with Crippen molar-refractivity contribution in [2.75, 3.05) is 0 Å². The number of halogens is 1. The molecule has 1 rings (SSSR count). The van der Waals surface area contributed by atoms with E-state index < -0.39 is 0 Å². The minimum atomic E-state index is 0. The number of hydrogen-bond acceptors (Lipinski definition) is 1. The molecule has 110 valence electrons. The predicted octanol–water partition coefficient (Wildman–Crippen LogP) is 1.21. The molecule has 0 unspecified atom stereocenters. The first-order valence-corrected chi connectivity index (χ1v) is 7.51. The Morgan fingerprint density at radius 1 is 0.947 bits per heavy atom. The van der Waals surface area contributed by atoms with Crippen molar-refractivity contribution in [3.05, 3.63) is 24.5 Å². The largest absolute Gasteiger partial charge is 1.00 e. The minimum absolute atomic E-state index is 0. The molecule has 1 heterocycles. The molecule has 0 aliphatic rings. The van der Waals surface area contributed by atoms with Gasteiger partial charge in [-0.3, -0.25) is 0 Å². The van der Waals surface area contributed by atoms with Crippen molar-refractivity contribution < 1.29 is 26.7 Å². The highest BCUT2D eigenvalue weighted by Gasteiger charge is 2.00. The molecular formula is C16H28BrNO. The SMILES string of the molecule is CCCCCCCCCCC[n+]1cccc(O)c1.[Br-]. The molecule has 1 N–H and O–H groups in total. The summed E-state index contributed by atoms with van der Waals surface area (Å²) in [6, 6.07) is 3.61. The van der Waals surface area contributed by atoms with Crippen molar-refractivity contribution in [1.29, 1.82) is 0 Å². The van der Waals surface area contributed by atoms with Crippen LogP contribution >= 0.6 is 0 Å². The van der Waals surface area contributed by atoms with Gasteiger partial charge in [0.15, 0.2) is 11.9 Å². The van der Waals surface area contributed by atoms with Gasteiger partial charge in [0, 0.05) is 12.5 Å². The second kappa shape index (κ2) is 12.5. The maximum Gasteiger partial charge on any atom is 0.210 e. The van der Waals surface area contributed by atoms with Crippen LogP contribution < -0.4 is 21.5 Å². The van der Waals surface area contributed by atoms with Gasteiger partial charge in [-0.2, -0.15) is 0 Å². The summed E-state index contributed by atoms with van der Waals surface area (Å²) in [5, 5.41) is 9.34. The highest BCUT2D eigenvalue weighted by atomic mass is 79.9. The lowest BCUT2D eigenvalue weighted by Gasteiger charge is -2.01. The molecule has 1 aromatic heterocycles. The number of aromatic nitrogens is 1. The normalized spacial score (nSPS) is 10.2. The zero-order chi connectivity index (χ0) is 13.1. The molecule has 0 fully saturated rings. The van der Waals surface area contributed by atoms with Crippen molar-refractivity contribution in [2.24, 2.45) is 0 Å². The van der Waals surface area contributed by atoms with E-state index in [1.807, 2.05) is 12.3 Å². The molecule has 0 saturated heterocycles. The number of hydrogen-bond donors (Lipinski definition) is 1. The van der Waals surface area contributed by atoms with Gasteiger partial charge in [-0.25, -0.2) is 4.57 Å². The lowest BCUT2D eigenvalue weighted by molar-refractivity contribution is -0.697. The molecule has 2 nitrogen and oxygen atoms in total. The van der Waals surface area contributed by atoms with Crippen LogP contribution in [0.5, 0.6) is 5.75 Å². The lowest BCUT2D eigenvalue weighted by Crippen LogP contribution is -3.00. The third kappa shape index (κ3) is 9.94. The Morgan fingerprint density at radius 2 is 1.53 bits per heavy atom. The Morgan fingerprint density at radius 3 is 2.11 bits per heavy atom. The van der Waals surface area contributed by atoms with Crippen LogP contribution in [-0.4, -0.2) is 5.11 Å². The maximum atomic E-state index is 9.34. The predicted molar refractivity (Wildman–Crippen MR) is 75.5 cm³/mol. The molecule has 3 heteroatoms. The number of unbranched alkanes of at least 4 members (excludes halogenated alkanes) is 8. The van der Waals surface area contributed by atoms with Gasteiger partial charge in [-0.15, -0.1) is 0 Å². The summed E-state index contributed by atoms with van der Waals surface area (Å²) in [4.78, 5) is 0. The Hall–Kier alpha value is -0.570. The molecule has 0 aromatic carbocycles. The van der Waals surface area contributed by atoms with E-state index in [9.17, 15) is 5.11 Å². The summed E-state index contributed by atoms with van der Waals surface area (Å²) in [6.45, 7) is 3.28. The first-order valence-electron chi connectivity index (χ1n) is 7.51. The lowest BCUT2D eigenvalue weighted by atomic mass is 10.1. The fourth-order valence-electron chi connectivity index (χ4n) is 2.25. The smallest absolute Gasteiger partial charge is 0.210 e. The highest BCUT2D eigenvalue weighted by Crippen LogP contribution is 2.09. The van der Waals surface area contributed by atoms with Gasteiger partial charge in [0.25, 0.3) is 0 Å². The Kier molecular flexibility index (Phi) is 12.1. The average Bonchev–Trinajstić information content (AvgIpc) is 2.37. The van der Waals surface area contributed by atoms with Gasteiger partial charge in [0.2, 0.25) is 6.20 Å². The highest BCUT2D eigenvalue weighted by molar-refractivity contribution is 5.09. The van der Waals surface area contributed by atoms with Gasteiger partial charge in [0.05, 0.1) is 0 Å². The molecule has 0 amide bonds. The standard InChI is InChI=1S/C16H27NO.BrH/c1-2-3-4-5-6-7-8-9-10-13-17-14-11-12-16(18)15-17;/h11-12,14-15H,2-10,13H2,1H3;1H. The number of aryl methyl sites for hydroxylation is 1. The van der Waals surface area contributed by atoms with E-state index in [4.69, 9.17) is 0 Å². The maximum absolute atomic E-state index is 9.34. The van der Waals surface area contributed by atoms with Crippen LogP contribution in [0.15, 0.2) is 24.5 Å². The summed E-state index contributed by atoms with van der Waals surface area (Å²) >= 11 is 0. The summed E-state index contributed by atoms with van der Waals surface area (Å²) in [5.74, 6) is 0.355. The van der Waals surface area contributed by atoms with Crippen LogP contribution in [0.3, 0.4) is 0 Å².